The largest absolute Gasteiger partial charge is 0.480 e. The summed E-state index contributed by atoms with van der Waals surface area (Å²) in [5.74, 6) is -2.28. The van der Waals surface area contributed by atoms with Gasteiger partial charge in [-0.1, -0.05) is 0 Å². The van der Waals surface area contributed by atoms with Crippen LogP contribution in [0.2, 0.25) is 0 Å². The molecule has 1 aromatic heterocycles. The molecule has 0 aromatic carbocycles. The maximum absolute atomic E-state index is 13.1. The fourth-order valence-electron chi connectivity index (χ4n) is 3.47. The first kappa shape index (κ1) is 19.8. The van der Waals surface area contributed by atoms with Crippen LogP contribution in [0.5, 0.6) is 0 Å². The minimum Gasteiger partial charge on any atom is -0.480 e. The van der Waals surface area contributed by atoms with Gasteiger partial charge < -0.3 is 26.2 Å². The summed E-state index contributed by atoms with van der Waals surface area (Å²) in [4.78, 5) is 40.1. The Morgan fingerprint density at radius 2 is 2.14 bits per heavy atom. The number of aromatic nitrogens is 1. The van der Waals surface area contributed by atoms with Gasteiger partial charge >= 0.3 is 12.1 Å². The van der Waals surface area contributed by atoms with Crippen LogP contribution in [0.25, 0.3) is 6.08 Å². The van der Waals surface area contributed by atoms with Crippen LogP contribution in [0.1, 0.15) is 18.2 Å². The van der Waals surface area contributed by atoms with Crippen molar-refractivity contribution in [1.29, 1.82) is 0 Å². The third kappa shape index (κ3) is 2.72. The van der Waals surface area contributed by atoms with Gasteiger partial charge in [0.25, 0.3) is 5.91 Å². The number of nitrogens with two attached hydrogens (primary N) is 2. The predicted molar refractivity (Wildman–Crippen MR) is 95.0 cm³/mol. The molecular weight excluding hydrogens is 392 g/mol. The highest BCUT2D eigenvalue weighted by Gasteiger charge is 2.72. The molecule has 5 N–H and O–H groups in total. The van der Waals surface area contributed by atoms with E-state index in [2.05, 4.69) is 9.72 Å². The number of nitrogens with zero attached hydrogens (tertiary/aromatic N) is 2. The lowest BCUT2D eigenvalue weighted by atomic mass is 9.94. The third-order valence-corrected chi connectivity index (χ3v) is 7.63. The summed E-state index contributed by atoms with van der Waals surface area (Å²) in [6, 6.07) is 1.53. The Balaban J connectivity index is 2.06. The number of carboxylic acids is 1. The van der Waals surface area contributed by atoms with Crippen LogP contribution >= 0.6 is 0 Å². The average molecular weight is 410 g/mol. The van der Waals surface area contributed by atoms with Gasteiger partial charge in [0, 0.05) is 12.7 Å². The van der Waals surface area contributed by atoms with Crippen molar-refractivity contribution in [2.75, 3.05) is 6.61 Å². The summed E-state index contributed by atoms with van der Waals surface area (Å²) in [5, 5.41) is 8.07. The number of amides is 2. The lowest BCUT2D eigenvalue weighted by Gasteiger charge is -2.37. The van der Waals surface area contributed by atoms with Crippen molar-refractivity contribution in [3.63, 3.8) is 0 Å². The van der Waals surface area contributed by atoms with Crippen molar-refractivity contribution in [1.82, 2.24) is 9.88 Å². The Morgan fingerprint density at radius 3 is 2.71 bits per heavy atom. The van der Waals surface area contributed by atoms with Gasteiger partial charge in [0.15, 0.2) is 21.3 Å². The van der Waals surface area contributed by atoms with Crippen LogP contribution in [0, 0.1) is 0 Å². The first-order valence-electron chi connectivity index (χ1n) is 8.12. The van der Waals surface area contributed by atoms with Crippen molar-refractivity contribution in [2.24, 2.45) is 11.5 Å². The van der Waals surface area contributed by atoms with Crippen molar-refractivity contribution in [2.45, 2.75) is 29.6 Å². The van der Waals surface area contributed by atoms with Crippen LogP contribution in [0.3, 0.4) is 0 Å². The third-order valence-electron chi connectivity index (χ3n) is 4.92. The van der Waals surface area contributed by atoms with Crippen LogP contribution in [0.4, 0.5) is 4.79 Å². The van der Waals surface area contributed by atoms with Gasteiger partial charge in [-0.15, -0.1) is 0 Å². The molecule has 2 aliphatic heterocycles. The molecular formula is C16H18N4O7S. The Bertz CT molecular complexity index is 1010. The molecule has 11 nitrogen and oxygen atoms in total. The SMILES string of the molecule is C[C@]1(COC(N)=O)[C@H](C(=O)O)N2C(=O)C(=Cc3cc(CN)ccn3)[C@H]2S1(=O)=O. The molecule has 3 rings (SSSR count). The first-order valence-corrected chi connectivity index (χ1v) is 9.67. The van der Waals surface area contributed by atoms with Gasteiger partial charge in [0.1, 0.15) is 11.4 Å². The number of carboxylic acid groups (broad SMARTS) is 1. The van der Waals surface area contributed by atoms with Gasteiger partial charge in [0.05, 0.1) is 11.3 Å². The summed E-state index contributed by atoms with van der Waals surface area (Å²) < 4.78 is 28.7. The summed E-state index contributed by atoms with van der Waals surface area (Å²) in [6.07, 6.45) is 1.50. The molecule has 0 radical (unpaired) electrons. The van der Waals surface area contributed by atoms with Crippen LogP contribution in [0.15, 0.2) is 23.9 Å². The Kier molecular flexibility index (Phi) is 4.63. The number of β-lactam (4-membered cyclic amide) rings is 1. The molecule has 0 spiro atoms. The van der Waals surface area contributed by atoms with E-state index in [-0.39, 0.29) is 12.1 Å². The number of sulfone groups is 1. The highest BCUT2D eigenvalue weighted by molar-refractivity contribution is 7.94. The number of carbonyl (C=O) groups is 3. The van der Waals surface area contributed by atoms with Crippen molar-refractivity contribution in [3.8, 4) is 0 Å². The van der Waals surface area contributed by atoms with Crippen molar-refractivity contribution >= 4 is 33.9 Å². The monoisotopic (exact) mass is 410 g/mol. The summed E-state index contributed by atoms with van der Waals surface area (Å²) in [5.41, 5.74) is 11.4. The minimum atomic E-state index is -4.26. The van der Waals surface area contributed by atoms with Crippen LogP contribution < -0.4 is 11.5 Å². The highest BCUT2D eigenvalue weighted by Crippen LogP contribution is 2.49. The number of hydrogen-bond donors (Lipinski definition) is 3. The van der Waals surface area contributed by atoms with E-state index in [1.807, 2.05) is 0 Å². The molecule has 3 heterocycles. The first-order chi connectivity index (χ1) is 13.0. The molecule has 1 aromatic rings. The van der Waals surface area contributed by atoms with Crippen molar-refractivity contribution < 1.29 is 32.6 Å². The zero-order chi connectivity index (χ0) is 20.9. The van der Waals surface area contributed by atoms with E-state index < -0.39 is 50.6 Å². The molecule has 0 aliphatic carbocycles. The molecule has 12 heteroatoms. The standard InChI is InChI=1S/C16H18N4O7S/c1-16(7-27-15(18)24)11(14(22)23)20-12(21)10(13(20)28(16,25)26)5-9-4-8(6-17)2-3-19-9/h2-5,11,13H,6-7,17H2,1H3,(H2,18,24)(H,22,23)/t11-,13+,16-/m0/s1. The number of hydrogen-bond acceptors (Lipinski definition) is 8. The number of pyridine rings is 1. The molecule has 0 saturated carbocycles. The molecule has 3 atom stereocenters. The molecule has 2 aliphatic rings. The molecule has 2 amide bonds. The molecule has 2 saturated heterocycles. The number of primary amides is 1. The lowest BCUT2D eigenvalue weighted by Crippen LogP contribution is -2.59. The van der Waals surface area contributed by atoms with Crippen molar-refractivity contribution in [3.05, 3.63) is 35.2 Å². The molecule has 150 valence electrons. The summed E-state index contributed by atoms with van der Waals surface area (Å²) in [7, 11) is -4.26. The number of ether oxygens (including phenoxy) is 1. The Labute approximate surface area is 159 Å². The van der Waals surface area contributed by atoms with Crippen LogP contribution in [-0.2, 0) is 30.7 Å². The topological polar surface area (TPSA) is 183 Å². The van der Waals surface area contributed by atoms with Gasteiger partial charge in [-0.05, 0) is 30.7 Å². The van der Waals surface area contributed by atoms with E-state index in [0.29, 0.717) is 5.69 Å². The maximum Gasteiger partial charge on any atom is 0.404 e. The van der Waals surface area contributed by atoms with E-state index in [1.165, 1.54) is 12.3 Å². The summed E-state index contributed by atoms with van der Waals surface area (Å²) >= 11 is 0. The van der Waals surface area contributed by atoms with Gasteiger partial charge in [-0.25, -0.2) is 18.0 Å². The molecule has 28 heavy (non-hydrogen) atoms. The fraction of sp³-hybridized carbons (Fsp3) is 0.375. The Hall–Kier alpha value is -2.99. The fourth-order valence-corrected chi connectivity index (χ4v) is 5.75. The second-order valence-corrected chi connectivity index (χ2v) is 9.13. The smallest absolute Gasteiger partial charge is 0.404 e. The normalized spacial score (nSPS) is 29.3. The van der Waals surface area contributed by atoms with E-state index in [9.17, 15) is 27.9 Å². The number of aliphatic carboxylic acids is 1. The van der Waals surface area contributed by atoms with Gasteiger partial charge in [0.2, 0.25) is 0 Å². The zero-order valence-corrected chi connectivity index (χ0v) is 15.5. The number of rotatable bonds is 5. The van der Waals surface area contributed by atoms with E-state index in [4.69, 9.17) is 11.5 Å². The van der Waals surface area contributed by atoms with Gasteiger partial charge in [-0.3, -0.25) is 9.78 Å². The second-order valence-electron chi connectivity index (χ2n) is 6.66. The number of fused-ring (bicyclic) bond motifs is 1. The zero-order valence-electron chi connectivity index (χ0n) is 14.7. The van der Waals surface area contributed by atoms with E-state index in [0.717, 1.165) is 17.4 Å². The minimum absolute atomic E-state index is 0.115. The average Bonchev–Trinajstić information content (AvgIpc) is 2.80. The maximum atomic E-state index is 13.1. The highest BCUT2D eigenvalue weighted by atomic mass is 32.2. The Morgan fingerprint density at radius 1 is 1.46 bits per heavy atom. The van der Waals surface area contributed by atoms with Crippen LogP contribution in [-0.4, -0.2) is 64.1 Å². The molecule has 0 unspecified atom stereocenters. The number of carbonyl (C=O) groups excluding carboxylic acids is 2. The molecule has 0 bridgehead atoms. The second kappa shape index (κ2) is 6.56. The predicted octanol–water partition coefficient (Wildman–Crippen LogP) is -1.17. The molecule has 2 fully saturated rings. The van der Waals surface area contributed by atoms with E-state index in [1.54, 1.807) is 12.1 Å². The quantitative estimate of drug-likeness (QED) is 0.397. The lowest BCUT2D eigenvalue weighted by molar-refractivity contribution is -0.153. The summed E-state index contributed by atoms with van der Waals surface area (Å²) in [6.45, 7) is 0.542. The van der Waals surface area contributed by atoms with Gasteiger partial charge in [-0.2, -0.15) is 0 Å². The van der Waals surface area contributed by atoms with E-state index >= 15 is 0 Å².